The predicted octanol–water partition coefficient (Wildman–Crippen LogP) is 8.78. The van der Waals surface area contributed by atoms with Gasteiger partial charge in [0, 0.05) is 17.7 Å². The van der Waals surface area contributed by atoms with Crippen molar-refractivity contribution in [2.45, 2.75) is 78.1 Å². The molecule has 0 spiro atoms. The van der Waals surface area contributed by atoms with E-state index in [-0.39, 0.29) is 0 Å². The summed E-state index contributed by atoms with van der Waals surface area (Å²) in [6, 6.07) is 11.9. The van der Waals surface area contributed by atoms with Crippen molar-refractivity contribution in [1.29, 1.82) is 0 Å². The summed E-state index contributed by atoms with van der Waals surface area (Å²) in [6.07, 6.45) is 0.951. The van der Waals surface area contributed by atoms with E-state index in [1.54, 1.807) is 12.1 Å². The Morgan fingerprint density at radius 2 is 1.47 bits per heavy atom. The second kappa shape index (κ2) is 10.3. The molecule has 3 aromatic rings. The van der Waals surface area contributed by atoms with Crippen LogP contribution in [0.1, 0.15) is 60.5 Å². The minimum absolute atomic E-state index is 0.355. The number of aryl methyl sites for hydroxylation is 1. The maximum Gasteiger partial charge on any atom is 0.196 e. The van der Waals surface area contributed by atoms with E-state index in [1.807, 2.05) is 0 Å². The minimum Gasteiger partial charge on any atom is -0.325 e. The summed E-state index contributed by atoms with van der Waals surface area (Å²) in [5, 5.41) is 0. The van der Waals surface area contributed by atoms with Crippen molar-refractivity contribution in [3.8, 4) is 22.9 Å². The normalized spacial score (nSPS) is 11.5. The molecule has 34 heavy (non-hydrogen) atoms. The molecular formula is C29H34N4Si. The van der Waals surface area contributed by atoms with E-state index in [1.165, 1.54) is 0 Å². The Morgan fingerprint density at radius 3 is 1.97 bits per heavy atom. The van der Waals surface area contributed by atoms with Gasteiger partial charge in [0.15, 0.2) is 11.4 Å². The molecular weight excluding hydrogens is 432 g/mol. The van der Waals surface area contributed by atoms with Gasteiger partial charge < -0.3 is 4.57 Å². The van der Waals surface area contributed by atoms with Crippen molar-refractivity contribution < 1.29 is 0 Å². The molecule has 0 unspecified atom stereocenters. The van der Waals surface area contributed by atoms with Crippen molar-refractivity contribution in [1.82, 2.24) is 9.55 Å². The Kier molecular flexibility index (Phi) is 7.66. The topological polar surface area (TPSA) is 26.5 Å². The minimum atomic E-state index is -1.77. The lowest BCUT2D eigenvalue weighted by molar-refractivity contribution is 0.704. The fraction of sp³-hybridized carbons (Fsp3) is 0.414. The fourth-order valence-corrected chi connectivity index (χ4v) is 10.5. The van der Waals surface area contributed by atoms with Gasteiger partial charge in [-0.15, -0.1) is 5.54 Å². The summed E-state index contributed by atoms with van der Waals surface area (Å²) >= 11 is 0. The lowest BCUT2D eigenvalue weighted by Gasteiger charge is -2.38. The highest BCUT2D eigenvalue weighted by molar-refractivity contribution is 6.90. The zero-order valence-corrected chi connectivity index (χ0v) is 22.4. The Morgan fingerprint density at radius 1 is 0.912 bits per heavy atom. The Hall–Kier alpha value is -3.33. The van der Waals surface area contributed by atoms with E-state index in [2.05, 4.69) is 98.5 Å². The molecule has 0 amide bonds. The molecule has 0 saturated carbocycles. The van der Waals surface area contributed by atoms with E-state index in [9.17, 15) is 0 Å². The molecule has 5 heteroatoms. The van der Waals surface area contributed by atoms with Gasteiger partial charge in [-0.1, -0.05) is 66.5 Å². The van der Waals surface area contributed by atoms with Crippen LogP contribution in [-0.2, 0) is 6.54 Å². The van der Waals surface area contributed by atoms with E-state index in [4.69, 9.17) is 18.1 Å². The van der Waals surface area contributed by atoms with Crippen LogP contribution in [0.4, 0.5) is 11.4 Å². The third-order valence-electron chi connectivity index (χ3n) is 6.97. The van der Waals surface area contributed by atoms with Gasteiger partial charge in [0.05, 0.1) is 24.2 Å². The number of hydrogen-bond donors (Lipinski definition) is 0. The van der Waals surface area contributed by atoms with Crippen LogP contribution in [0.3, 0.4) is 0 Å². The van der Waals surface area contributed by atoms with E-state index in [0.717, 1.165) is 41.0 Å². The quantitative estimate of drug-likeness (QED) is 0.202. The first kappa shape index (κ1) is 25.3. The molecule has 174 valence electrons. The number of nitrogens with zero attached hydrogens (tertiary/aromatic N) is 4. The summed E-state index contributed by atoms with van der Waals surface area (Å²) in [5.41, 5.74) is 10.1. The van der Waals surface area contributed by atoms with Gasteiger partial charge in [-0.05, 0) is 47.3 Å². The van der Waals surface area contributed by atoms with Crippen molar-refractivity contribution in [3.63, 3.8) is 0 Å². The average Bonchev–Trinajstić information content (AvgIpc) is 3.15. The monoisotopic (exact) mass is 466 g/mol. The molecule has 0 radical (unpaired) electrons. The lowest BCUT2D eigenvalue weighted by Crippen LogP contribution is -2.43. The molecule has 0 atom stereocenters. The maximum atomic E-state index is 7.43. The summed E-state index contributed by atoms with van der Waals surface area (Å²) in [7, 11) is -1.77. The van der Waals surface area contributed by atoms with E-state index >= 15 is 0 Å². The number of rotatable bonds is 6. The van der Waals surface area contributed by atoms with Crippen LogP contribution in [0.15, 0.2) is 36.4 Å². The predicted molar refractivity (Wildman–Crippen MR) is 146 cm³/mol. The smallest absolute Gasteiger partial charge is 0.196 e. The summed E-state index contributed by atoms with van der Waals surface area (Å²) < 4.78 is 2.16. The lowest BCUT2D eigenvalue weighted by atomic mass is 10.1. The number of imidazole rings is 1. The molecule has 3 rings (SSSR count). The molecule has 0 saturated heterocycles. The van der Waals surface area contributed by atoms with Gasteiger partial charge in [-0.3, -0.25) is 9.69 Å². The number of benzene rings is 2. The first-order valence-corrected chi connectivity index (χ1v) is 14.4. The molecule has 0 bridgehead atoms. The zero-order valence-electron chi connectivity index (χ0n) is 21.4. The molecule has 0 aliphatic carbocycles. The third kappa shape index (κ3) is 4.52. The molecule has 0 aliphatic heterocycles. The van der Waals surface area contributed by atoms with Gasteiger partial charge in [-0.25, -0.2) is 4.98 Å². The van der Waals surface area contributed by atoms with E-state index in [0.29, 0.717) is 28.0 Å². The molecule has 4 nitrogen and oxygen atoms in total. The highest BCUT2D eigenvalue weighted by Gasteiger charge is 2.41. The van der Waals surface area contributed by atoms with Gasteiger partial charge in [0.1, 0.15) is 13.9 Å². The largest absolute Gasteiger partial charge is 0.325 e. The van der Waals surface area contributed by atoms with Crippen LogP contribution in [0.25, 0.3) is 32.1 Å². The number of aromatic nitrogens is 2. The SMILES string of the molecule is [C-]#[N+]c1cc2nc(-c3ccc(C#C[Si](C(C)C)(C(C)C)C(C)C)cc3)n(CCC)c2cc1[N+]#[C-]. The van der Waals surface area contributed by atoms with Gasteiger partial charge >= 0.3 is 0 Å². The highest BCUT2D eigenvalue weighted by Crippen LogP contribution is 2.41. The van der Waals surface area contributed by atoms with Crippen LogP contribution in [0.5, 0.6) is 0 Å². The second-order valence-corrected chi connectivity index (χ2v) is 15.4. The van der Waals surface area contributed by atoms with Crippen LogP contribution in [0, 0.1) is 24.6 Å². The van der Waals surface area contributed by atoms with Gasteiger partial charge in [0.2, 0.25) is 0 Å². The van der Waals surface area contributed by atoms with Crippen LogP contribution in [0.2, 0.25) is 16.6 Å². The van der Waals surface area contributed by atoms with Crippen LogP contribution >= 0.6 is 0 Å². The van der Waals surface area contributed by atoms with Crippen molar-refractivity contribution in [2.75, 3.05) is 0 Å². The van der Waals surface area contributed by atoms with E-state index < -0.39 is 8.07 Å². The summed E-state index contributed by atoms with van der Waals surface area (Å²) in [6.45, 7) is 31.8. The Bertz CT molecular complexity index is 1300. The van der Waals surface area contributed by atoms with Crippen LogP contribution < -0.4 is 0 Å². The number of fused-ring (bicyclic) bond motifs is 1. The molecule has 1 aromatic heterocycles. The van der Waals surface area contributed by atoms with Crippen molar-refractivity contribution in [2.24, 2.45) is 0 Å². The zero-order chi connectivity index (χ0) is 25.0. The number of hydrogen-bond acceptors (Lipinski definition) is 1. The van der Waals surface area contributed by atoms with Crippen molar-refractivity contribution in [3.05, 3.63) is 64.8 Å². The maximum absolute atomic E-state index is 7.43. The van der Waals surface area contributed by atoms with Crippen molar-refractivity contribution >= 4 is 30.5 Å². The highest BCUT2D eigenvalue weighted by atomic mass is 28.3. The standard InChI is InChI=1S/C29H34N4Si/c1-10-16-33-28-19-26(31-9)25(30-8)18-27(28)32-29(33)24-13-11-23(12-14-24)15-17-34(20(2)3,21(4)5)22(6)7/h11-14,18-22H,10,16H2,1-7H3. The fourth-order valence-electron chi connectivity index (χ4n) is 5.31. The molecule has 2 aromatic carbocycles. The Labute approximate surface area is 205 Å². The first-order valence-electron chi connectivity index (χ1n) is 12.1. The first-order chi connectivity index (χ1) is 16.2. The Balaban J connectivity index is 2.07. The molecule has 0 aliphatic rings. The summed E-state index contributed by atoms with van der Waals surface area (Å²) in [4.78, 5) is 11.9. The third-order valence-corrected chi connectivity index (χ3v) is 13.3. The average molecular weight is 467 g/mol. The van der Waals surface area contributed by atoms with Gasteiger partial charge in [-0.2, -0.15) is 0 Å². The second-order valence-electron chi connectivity index (χ2n) is 9.86. The van der Waals surface area contributed by atoms with Gasteiger partial charge in [0.25, 0.3) is 0 Å². The molecule has 0 N–H and O–H groups in total. The molecule has 0 fully saturated rings. The summed E-state index contributed by atoms with van der Waals surface area (Å²) in [5.74, 6) is 4.39. The van der Waals surface area contributed by atoms with Crippen LogP contribution in [-0.4, -0.2) is 17.6 Å². The molecule has 1 heterocycles.